The molecule has 0 bridgehead atoms. The number of aliphatic hydroxyl groups excluding tert-OH is 1. The Balaban J connectivity index is 1.51. The van der Waals surface area contributed by atoms with Gasteiger partial charge in [-0.15, -0.1) is 0 Å². The zero-order valence-corrected chi connectivity index (χ0v) is 18.6. The van der Waals surface area contributed by atoms with Gasteiger partial charge in [-0.05, 0) is 49.2 Å². The van der Waals surface area contributed by atoms with Crippen LogP contribution in [0.2, 0.25) is 0 Å². The van der Waals surface area contributed by atoms with Crippen molar-refractivity contribution < 1.29 is 37.0 Å². The van der Waals surface area contributed by atoms with Crippen LogP contribution in [0.4, 0.5) is 13.2 Å². The molecule has 2 aromatic carbocycles. The van der Waals surface area contributed by atoms with Crippen molar-refractivity contribution in [3.8, 4) is 11.5 Å². The zero-order valence-electron chi connectivity index (χ0n) is 18.6. The van der Waals surface area contributed by atoms with Gasteiger partial charge < -0.3 is 24.3 Å². The van der Waals surface area contributed by atoms with Gasteiger partial charge in [0.25, 0.3) is 0 Å². The molecule has 1 heterocycles. The molecular weight excluding hydrogens is 455 g/mol. The third kappa shape index (κ3) is 6.28. The molecule has 3 rings (SSSR count). The zero-order chi connectivity index (χ0) is 24.9. The lowest BCUT2D eigenvalue weighted by molar-refractivity contribution is -0.137. The van der Waals surface area contributed by atoms with Crippen LogP contribution in [0.1, 0.15) is 23.1 Å². The van der Waals surface area contributed by atoms with Gasteiger partial charge in [0, 0.05) is 30.0 Å². The van der Waals surface area contributed by atoms with Crippen molar-refractivity contribution in [3.05, 3.63) is 69.6 Å². The number of fused-ring (bicyclic) bond motifs is 1. The fourth-order valence-corrected chi connectivity index (χ4v) is 3.36. The molecular formula is C24H24F3NO6. The molecule has 0 radical (unpaired) electrons. The Labute approximate surface area is 193 Å². The Kier molecular flexibility index (Phi) is 7.83. The molecule has 2 N–H and O–H groups in total. The van der Waals surface area contributed by atoms with Crippen molar-refractivity contribution in [3.63, 3.8) is 0 Å². The lowest BCUT2D eigenvalue weighted by Crippen LogP contribution is -2.35. The largest absolute Gasteiger partial charge is 0.497 e. The fraction of sp³-hybridized carbons (Fsp3) is 0.333. The Hall–Kier alpha value is -3.53. The number of rotatable bonds is 9. The van der Waals surface area contributed by atoms with E-state index >= 15 is 0 Å². The number of halogens is 3. The monoisotopic (exact) mass is 479 g/mol. The van der Waals surface area contributed by atoms with E-state index in [0.717, 1.165) is 17.5 Å². The van der Waals surface area contributed by atoms with Crippen LogP contribution in [0, 0.1) is 6.92 Å². The lowest BCUT2D eigenvalue weighted by atomic mass is 10.0. The van der Waals surface area contributed by atoms with Gasteiger partial charge in [0.1, 0.15) is 29.8 Å². The first kappa shape index (κ1) is 25.1. The first-order valence-electron chi connectivity index (χ1n) is 10.4. The van der Waals surface area contributed by atoms with Gasteiger partial charge >= 0.3 is 11.8 Å². The summed E-state index contributed by atoms with van der Waals surface area (Å²) in [7, 11) is 1.51. The van der Waals surface area contributed by atoms with E-state index in [1.165, 1.54) is 19.2 Å². The summed E-state index contributed by atoms with van der Waals surface area (Å²) in [5.41, 5.74) is 0.0670. The summed E-state index contributed by atoms with van der Waals surface area (Å²) in [5.74, 6) is 0.0980. The molecule has 7 nitrogen and oxygen atoms in total. The van der Waals surface area contributed by atoms with E-state index in [2.05, 4.69) is 5.32 Å². The Morgan fingerprint density at radius 1 is 1.18 bits per heavy atom. The minimum Gasteiger partial charge on any atom is -0.497 e. The van der Waals surface area contributed by atoms with Crippen molar-refractivity contribution in [1.29, 1.82) is 0 Å². The number of alkyl halides is 3. The number of benzene rings is 2. The van der Waals surface area contributed by atoms with Gasteiger partial charge in [0.05, 0.1) is 12.7 Å². The molecule has 1 amide bonds. The van der Waals surface area contributed by atoms with Crippen LogP contribution in [0.25, 0.3) is 11.0 Å². The van der Waals surface area contributed by atoms with E-state index in [-0.39, 0.29) is 31.7 Å². The standard InChI is InChI=1S/C24H24F3NO6/c1-14-19-7-6-17(32-2)11-21(19)34-23(31)20(14)8-9-22(30)28-12-16(29)13-33-18-5-3-4-15(10-18)24(25,26)27/h3-7,10-11,16,29H,8-9,12-13H2,1-2H3,(H,28,30). The van der Waals surface area contributed by atoms with Gasteiger partial charge in [-0.2, -0.15) is 13.2 Å². The van der Waals surface area contributed by atoms with Gasteiger partial charge in [0.2, 0.25) is 5.91 Å². The number of carbonyl (C=O) groups is 1. The molecule has 34 heavy (non-hydrogen) atoms. The van der Waals surface area contributed by atoms with Crippen LogP contribution in [0.3, 0.4) is 0 Å². The van der Waals surface area contributed by atoms with E-state index in [0.29, 0.717) is 22.5 Å². The molecule has 0 spiro atoms. The summed E-state index contributed by atoms with van der Waals surface area (Å²) in [5, 5.41) is 13.2. The number of aliphatic hydroxyl groups is 1. The minimum atomic E-state index is -4.50. The van der Waals surface area contributed by atoms with Crippen molar-refractivity contribution in [2.45, 2.75) is 32.0 Å². The number of nitrogens with one attached hydrogen (secondary N) is 1. The van der Waals surface area contributed by atoms with E-state index in [1.54, 1.807) is 25.1 Å². The second-order valence-corrected chi connectivity index (χ2v) is 7.65. The predicted octanol–water partition coefficient (Wildman–Crippen LogP) is 3.62. The molecule has 3 aromatic rings. The smallest absolute Gasteiger partial charge is 0.416 e. The third-order valence-electron chi connectivity index (χ3n) is 5.24. The molecule has 0 aliphatic carbocycles. The normalized spacial score (nSPS) is 12.4. The molecule has 0 aliphatic rings. The van der Waals surface area contributed by atoms with Crippen molar-refractivity contribution >= 4 is 16.9 Å². The average molecular weight is 479 g/mol. The highest BCUT2D eigenvalue weighted by atomic mass is 19.4. The molecule has 0 saturated heterocycles. The predicted molar refractivity (Wildman–Crippen MR) is 118 cm³/mol. The highest BCUT2D eigenvalue weighted by molar-refractivity contribution is 5.82. The van der Waals surface area contributed by atoms with E-state index in [9.17, 15) is 27.9 Å². The molecule has 1 atom stereocenters. The quantitative estimate of drug-likeness (QED) is 0.455. The number of ether oxygens (including phenoxy) is 2. The number of hydrogen-bond donors (Lipinski definition) is 2. The fourth-order valence-electron chi connectivity index (χ4n) is 3.36. The highest BCUT2D eigenvalue weighted by Gasteiger charge is 2.30. The van der Waals surface area contributed by atoms with Crippen molar-refractivity contribution in [1.82, 2.24) is 5.32 Å². The van der Waals surface area contributed by atoms with E-state index < -0.39 is 29.4 Å². The molecule has 1 unspecified atom stereocenters. The summed E-state index contributed by atoms with van der Waals surface area (Å²) in [6, 6.07) is 9.42. The van der Waals surface area contributed by atoms with Crippen LogP contribution in [0.15, 0.2) is 51.7 Å². The molecule has 182 valence electrons. The van der Waals surface area contributed by atoms with Crippen molar-refractivity contribution in [2.75, 3.05) is 20.3 Å². The van der Waals surface area contributed by atoms with E-state index in [1.807, 2.05) is 0 Å². The maximum Gasteiger partial charge on any atom is 0.416 e. The van der Waals surface area contributed by atoms with Crippen LogP contribution < -0.4 is 20.4 Å². The average Bonchev–Trinajstić information content (AvgIpc) is 2.80. The molecule has 0 aliphatic heterocycles. The van der Waals surface area contributed by atoms with Crippen LogP contribution in [0.5, 0.6) is 11.5 Å². The summed E-state index contributed by atoms with van der Waals surface area (Å²) in [6.07, 6.45) is -5.52. The lowest BCUT2D eigenvalue weighted by Gasteiger charge is -2.14. The van der Waals surface area contributed by atoms with Gasteiger partial charge in [0.15, 0.2) is 0 Å². The Morgan fingerprint density at radius 2 is 1.94 bits per heavy atom. The van der Waals surface area contributed by atoms with Crippen LogP contribution in [-0.2, 0) is 17.4 Å². The van der Waals surface area contributed by atoms with Crippen LogP contribution >= 0.6 is 0 Å². The van der Waals surface area contributed by atoms with Crippen molar-refractivity contribution in [2.24, 2.45) is 0 Å². The highest BCUT2D eigenvalue weighted by Crippen LogP contribution is 2.31. The van der Waals surface area contributed by atoms with Crippen LogP contribution in [-0.4, -0.2) is 37.4 Å². The van der Waals surface area contributed by atoms with Gasteiger partial charge in [-0.25, -0.2) is 4.79 Å². The van der Waals surface area contributed by atoms with E-state index in [4.69, 9.17) is 13.9 Å². The Morgan fingerprint density at radius 3 is 2.65 bits per heavy atom. The number of carbonyl (C=O) groups excluding carboxylic acids is 1. The summed E-state index contributed by atoms with van der Waals surface area (Å²) in [4.78, 5) is 24.6. The summed E-state index contributed by atoms with van der Waals surface area (Å²) < 4.78 is 53.9. The number of aryl methyl sites for hydroxylation is 1. The maximum absolute atomic E-state index is 12.7. The first-order chi connectivity index (χ1) is 16.1. The molecule has 0 fully saturated rings. The number of amides is 1. The minimum absolute atomic E-state index is 0.0194. The SMILES string of the molecule is COc1ccc2c(C)c(CCC(=O)NCC(O)COc3cccc(C(F)(F)F)c3)c(=O)oc2c1. The molecule has 1 aromatic heterocycles. The number of hydrogen-bond acceptors (Lipinski definition) is 6. The molecule has 0 saturated carbocycles. The second kappa shape index (κ2) is 10.6. The number of methoxy groups -OCH3 is 1. The molecule has 10 heteroatoms. The second-order valence-electron chi connectivity index (χ2n) is 7.65. The third-order valence-corrected chi connectivity index (χ3v) is 5.24. The summed E-state index contributed by atoms with van der Waals surface area (Å²) in [6.45, 7) is 1.30. The Bertz CT molecular complexity index is 1220. The maximum atomic E-state index is 12.7. The topological polar surface area (TPSA) is 98.0 Å². The summed E-state index contributed by atoms with van der Waals surface area (Å²) >= 11 is 0. The first-order valence-corrected chi connectivity index (χ1v) is 10.4. The van der Waals surface area contributed by atoms with Gasteiger partial charge in [-0.1, -0.05) is 6.07 Å². The van der Waals surface area contributed by atoms with Gasteiger partial charge in [-0.3, -0.25) is 4.79 Å².